The zero-order valence-corrected chi connectivity index (χ0v) is 8.23. The summed E-state index contributed by atoms with van der Waals surface area (Å²) in [5.74, 6) is 0. The van der Waals surface area contributed by atoms with Gasteiger partial charge in [-0.2, -0.15) is 0 Å². The van der Waals surface area contributed by atoms with Crippen molar-refractivity contribution in [2.45, 2.75) is 0 Å². The minimum Gasteiger partial charge on any atom is -0.234 e. The average Bonchev–Trinajstić information content (AvgIpc) is 0.722. The minimum absolute atomic E-state index is 0. The van der Waals surface area contributed by atoms with Crippen LogP contribution in [0.1, 0.15) is 0 Å². The Hall–Kier alpha value is 1.92. The second kappa shape index (κ2) is 6.92. The summed E-state index contributed by atoms with van der Waals surface area (Å²) in [5.41, 5.74) is 0. The molecular formula is C2H4Na2O2. The smallest absolute Gasteiger partial charge is 0.109 e. The van der Waals surface area contributed by atoms with Crippen molar-refractivity contribution in [2.75, 3.05) is 13.2 Å². The molecule has 0 spiro atoms. The number of hydrogen-bond donors (Lipinski definition) is 0. The Morgan fingerprint density at radius 2 is 1.00 bits per heavy atom. The molecule has 0 saturated carbocycles. The fourth-order valence-corrected chi connectivity index (χ4v) is 0.0833. The Labute approximate surface area is 81.1 Å². The van der Waals surface area contributed by atoms with Crippen LogP contribution in [0.2, 0.25) is 0 Å². The fraction of sp³-hybridized carbons (Fsp3) is 1.00. The van der Waals surface area contributed by atoms with E-state index >= 15 is 0 Å². The first-order valence-corrected chi connectivity index (χ1v) is 1.24. The summed E-state index contributed by atoms with van der Waals surface area (Å²) in [6.45, 7) is 1.56. The van der Waals surface area contributed by atoms with E-state index in [1.807, 2.05) is 0 Å². The van der Waals surface area contributed by atoms with E-state index in [4.69, 9.17) is 0 Å². The molecular weight excluding hydrogens is 102 g/mol. The van der Waals surface area contributed by atoms with Crippen molar-refractivity contribution < 1.29 is 9.78 Å². The van der Waals surface area contributed by atoms with Crippen LogP contribution < -0.4 is 0 Å². The van der Waals surface area contributed by atoms with Crippen molar-refractivity contribution in [1.82, 2.24) is 0 Å². The first kappa shape index (κ1) is 10.8. The van der Waals surface area contributed by atoms with Crippen molar-refractivity contribution in [3.63, 3.8) is 0 Å². The third-order valence-corrected chi connectivity index (χ3v) is 0.333. The van der Waals surface area contributed by atoms with Crippen LogP contribution in [0.5, 0.6) is 0 Å². The third kappa shape index (κ3) is 4.09. The van der Waals surface area contributed by atoms with Gasteiger partial charge in [0.05, 0.1) is 0 Å². The molecule has 1 heterocycles. The van der Waals surface area contributed by atoms with Crippen molar-refractivity contribution in [1.29, 1.82) is 0 Å². The van der Waals surface area contributed by atoms with Crippen molar-refractivity contribution >= 4 is 59.1 Å². The molecule has 2 nitrogen and oxygen atoms in total. The van der Waals surface area contributed by atoms with Gasteiger partial charge in [-0.15, -0.1) is 0 Å². The maximum atomic E-state index is 4.22. The summed E-state index contributed by atoms with van der Waals surface area (Å²) in [6.07, 6.45) is 0. The van der Waals surface area contributed by atoms with Crippen LogP contribution in [0.15, 0.2) is 0 Å². The minimum atomic E-state index is 0. The second-order valence-corrected chi connectivity index (χ2v) is 0.644. The van der Waals surface area contributed by atoms with Crippen LogP contribution in [-0.4, -0.2) is 72.3 Å². The van der Waals surface area contributed by atoms with Gasteiger partial charge in [0.1, 0.15) is 13.2 Å². The molecule has 0 aromatic heterocycles. The molecule has 26 valence electrons. The van der Waals surface area contributed by atoms with Crippen molar-refractivity contribution in [3.8, 4) is 0 Å². The van der Waals surface area contributed by atoms with Gasteiger partial charge < -0.3 is 0 Å². The Kier molecular flexibility index (Phi) is 12.5. The van der Waals surface area contributed by atoms with E-state index in [1.165, 1.54) is 0 Å². The fourth-order valence-electron chi connectivity index (χ4n) is 0.0833. The maximum absolute atomic E-state index is 4.22. The molecule has 0 unspecified atom stereocenters. The molecule has 1 aliphatic rings. The molecule has 0 aromatic carbocycles. The van der Waals surface area contributed by atoms with Gasteiger partial charge in [0.15, 0.2) is 0 Å². The van der Waals surface area contributed by atoms with Crippen molar-refractivity contribution in [3.05, 3.63) is 0 Å². The molecule has 0 N–H and O–H groups in total. The Balaban J connectivity index is 0. The van der Waals surface area contributed by atoms with E-state index in [-0.39, 0.29) is 59.1 Å². The topological polar surface area (TPSA) is 18.5 Å². The number of hydrogen-bond acceptors (Lipinski definition) is 2. The molecule has 1 rings (SSSR count). The molecule has 0 aromatic rings. The molecule has 0 amide bonds. The summed E-state index contributed by atoms with van der Waals surface area (Å²) in [4.78, 5) is 8.44. The molecule has 2 radical (unpaired) electrons. The summed E-state index contributed by atoms with van der Waals surface area (Å²) in [5, 5.41) is 0. The second-order valence-electron chi connectivity index (χ2n) is 0.644. The number of rotatable bonds is 0. The SMILES string of the molecule is C1COO1.[Na].[Na]. The van der Waals surface area contributed by atoms with Gasteiger partial charge >= 0.3 is 0 Å². The van der Waals surface area contributed by atoms with Crippen LogP contribution in [0.25, 0.3) is 0 Å². The molecule has 0 atom stereocenters. The molecule has 1 aliphatic heterocycles. The van der Waals surface area contributed by atoms with E-state index in [0.717, 1.165) is 13.2 Å². The molecule has 6 heavy (non-hydrogen) atoms. The predicted molar refractivity (Wildman–Crippen MR) is 23.4 cm³/mol. The van der Waals surface area contributed by atoms with E-state index < -0.39 is 0 Å². The van der Waals surface area contributed by atoms with Gasteiger partial charge in [-0.1, -0.05) is 0 Å². The van der Waals surface area contributed by atoms with Gasteiger partial charge in [-0.05, 0) is 0 Å². The van der Waals surface area contributed by atoms with Crippen LogP contribution in [0.4, 0.5) is 0 Å². The maximum Gasteiger partial charge on any atom is 0.109 e. The summed E-state index contributed by atoms with van der Waals surface area (Å²) < 4.78 is 0. The molecule has 0 aliphatic carbocycles. The van der Waals surface area contributed by atoms with E-state index in [1.54, 1.807) is 0 Å². The normalized spacial score (nSPS) is 16.0. The van der Waals surface area contributed by atoms with Gasteiger partial charge in [0.2, 0.25) is 0 Å². The zero-order chi connectivity index (χ0) is 2.83. The monoisotopic (exact) mass is 106 g/mol. The molecule has 0 bridgehead atoms. The third-order valence-electron chi connectivity index (χ3n) is 0.333. The largest absolute Gasteiger partial charge is 0.234 e. The van der Waals surface area contributed by atoms with E-state index in [2.05, 4.69) is 9.78 Å². The van der Waals surface area contributed by atoms with Gasteiger partial charge in [-0.3, -0.25) is 0 Å². The van der Waals surface area contributed by atoms with Crippen LogP contribution in [0.3, 0.4) is 0 Å². The van der Waals surface area contributed by atoms with Gasteiger partial charge in [0.25, 0.3) is 0 Å². The summed E-state index contributed by atoms with van der Waals surface area (Å²) in [6, 6.07) is 0. The molecule has 1 saturated heterocycles. The van der Waals surface area contributed by atoms with Gasteiger partial charge in [0, 0.05) is 59.1 Å². The summed E-state index contributed by atoms with van der Waals surface area (Å²) >= 11 is 0. The quantitative estimate of drug-likeness (QED) is 0.297. The molecule has 4 heteroatoms. The van der Waals surface area contributed by atoms with E-state index in [9.17, 15) is 0 Å². The van der Waals surface area contributed by atoms with Crippen LogP contribution >= 0.6 is 0 Å². The Morgan fingerprint density at radius 3 is 1.00 bits per heavy atom. The molecule has 1 fully saturated rings. The van der Waals surface area contributed by atoms with Crippen LogP contribution in [0, 0.1) is 0 Å². The Morgan fingerprint density at radius 1 is 0.833 bits per heavy atom. The van der Waals surface area contributed by atoms with E-state index in [0.29, 0.717) is 0 Å². The standard InChI is InChI=1S/C2H4O2.2Na/c1-2-4-3-1;;/h1-2H2;;. The zero-order valence-electron chi connectivity index (χ0n) is 4.23. The first-order chi connectivity index (χ1) is 2.00. The predicted octanol–water partition coefficient (Wildman–Crippen LogP) is -0.813. The van der Waals surface area contributed by atoms with Crippen molar-refractivity contribution in [2.24, 2.45) is 0 Å². The average molecular weight is 106 g/mol. The van der Waals surface area contributed by atoms with Gasteiger partial charge in [-0.25, -0.2) is 9.78 Å². The summed E-state index contributed by atoms with van der Waals surface area (Å²) in [7, 11) is 0. The van der Waals surface area contributed by atoms with Crippen LogP contribution in [-0.2, 0) is 9.78 Å². The Bertz CT molecular complexity index is 17.5. The first-order valence-electron chi connectivity index (χ1n) is 1.24.